The van der Waals surface area contributed by atoms with Crippen LogP contribution < -0.4 is 5.73 Å². The van der Waals surface area contributed by atoms with Crippen molar-refractivity contribution in [3.05, 3.63) is 42.2 Å². The number of nitrogens with zero attached hydrogens (tertiary/aromatic N) is 2. The predicted octanol–water partition coefficient (Wildman–Crippen LogP) is 2.74. The number of aromatic nitrogens is 2. The van der Waals surface area contributed by atoms with E-state index in [1.807, 2.05) is 0 Å². The van der Waals surface area contributed by atoms with Gasteiger partial charge in [0.1, 0.15) is 0 Å². The number of benzene rings is 1. The summed E-state index contributed by atoms with van der Waals surface area (Å²) in [6, 6.07) is 4.78. The van der Waals surface area contributed by atoms with Gasteiger partial charge in [-0.1, -0.05) is 12.1 Å². The minimum absolute atomic E-state index is 0.126. The summed E-state index contributed by atoms with van der Waals surface area (Å²) in [5.41, 5.74) is 5.86. The fourth-order valence-corrected chi connectivity index (χ4v) is 1.34. The first-order valence-electron chi connectivity index (χ1n) is 4.72. The first kappa shape index (κ1) is 11.4. The number of hydrogen-bond donors (Lipinski definition) is 1. The van der Waals surface area contributed by atoms with Crippen LogP contribution >= 0.6 is 0 Å². The molecule has 88 valence electrons. The predicted molar refractivity (Wildman–Crippen MR) is 56.9 cm³/mol. The number of halogens is 3. The highest BCUT2D eigenvalue weighted by molar-refractivity contribution is 5.62. The molecule has 0 saturated heterocycles. The Balaban J connectivity index is 2.33. The van der Waals surface area contributed by atoms with E-state index in [1.165, 1.54) is 24.5 Å². The zero-order valence-corrected chi connectivity index (χ0v) is 8.57. The van der Waals surface area contributed by atoms with E-state index in [0.29, 0.717) is 11.1 Å². The van der Waals surface area contributed by atoms with Crippen LogP contribution in [0.1, 0.15) is 5.56 Å². The third-order valence-electron chi connectivity index (χ3n) is 2.22. The lowest BCUT2D eigenvalue weighted by atomic mass is 10.1. The molecule has 1 aromatic carbocycles. The molecule has 0 atom stereocenters. The average Bonchev–Trinajstić information content (AvgIpc) is 2.29. The summed E-state index contributed by atoms with van der Waals surface area (Å²) < 4.78 is 37.0. The molecular weight excluding hydrogens is 231 g/mol. The lowest BCUT2D eigenvalue weighted by Gasteiger charge is -2.07. The number of nitrogens with two attached hydrogens (primary N) is 1. The molecule has 0 aliphatic heterocycles. The Morgan fingerprint density at radius 2 is 1.41 bits per heavy atom. The maximum absolute atomic E-state index is 12.3. The van der Waals surface area contributed by atoms with Crippen LogP contribution in [0.2, 0.25) is 0 Å². The Bertz CT molecular complexity index is 503. The van der Waals surface area contributed by atoms with Gasteiger partial charge in [0.05, 0.1) is 5.56 Å². The van der Waals surface area contributed by atoms with E-state index in [9.17, 15) is 13.2 Å². The lowest BCUT2D eigenvalue weighted by molar-refractivity contribution is -0.137. The van der Waals surface area contributed by atoms with Crippen molar-refractivity contribution in [1.82, 2.24) is 9.97 Å². The van der Waals surface area contributed by atoms with Crippen molar-refractivity contribution < 1.29 is 13.2 Å². The van der Waals surface area contributed by atoms with E-state index in [1.54, 1.807) is 0 Å². The van der Waals surface area contributed by atoms with E-state index in [2.05, 4.69) is 9.97 Å². The van der Waals surface area contributed by atoms with Gasteiger partial charge >= 0.3 is 6.18 Å². The molecule has 0 amide bonds. The van der Waals surface area contributed by atoms with Crippen molar-refractivity contribution in [3.8, 4) is 11.1 Å². The Morgan fingerprint density at radius 3 is 1.88 bits per heavy atom. The molecule has 1 heterocycles. The molecule has 6 heteroatoms. The van der Waals surface area contributed by atoms with Gasteiger partial charge in [0.15, 0.2) is 0 Å². The molecule has 0 radical (unpaired) electrons. The van der Waals surface area contributed by atoms with Crippen molar-refractivity contribution in [1.29, 1.82) is 0 Å². The van der Waals surface area contributed by atoms with Crippen LogP contribution in [0.4, 0.5) is 19.1 Å². The summed E-state index contributed by atoms with van der Waals surface area (Å²) in [4.78, 5) is 7.54. The van der Waals surface area contributed by atoms with Crippen LogP contribution in [0.5, 0.6) is 0 Å². The van der Waals surface area contributed by atoms with Gasteiger partial charge in [0.25, 0.3) is 0 Å². The number of hydrogen-bond acceptors (Lipinski definition) is 3. The fourth-order valence-electron chi connectivity index (χ4n) is 1.34. The molecule has 0 unspecified atom stereocenters. The third-order valence-corrected chi connectivity index (χ3v) is 2.22. The minimum Gasteiger partial charge on any atom is -0.368 e. The molecule has 17 heavy (non-hydrogen) atoms. The first-order valence-corrected chi connectivity index (χ1v) is 4.72. The SMILES string of the molecule is Nc1ncc(-c2ccc(C(F)(F)F)cc2)cn1. The third kappa shape index (κ3) is 2.52. The molecular formula is C11H8F3N3. The normalized spacial score (nSPS) is 11.5. The zero-order chi connectivity index (χ0) is 12.5. The Hall–Kier alpha value is -2.11. The molecule has 2 rings (SSSR count). The van der Waals surface area contributed by atoms with Crippen molar-refractivity contribution in [2.24, 2.45) is 0 Å². The lowest BCUT2D eigenvalue weighted by Crippen LogP contribution is -2.04. The summed E-state index contributed by atoms with van der Waals surface area (Å²) in [5.74, 6) is 0.126. The van der Waals surface area contributed by atoms with Crippen LogP contribution in [-0.4, -0.2) is 9.97 Å². The zero-order valence-electron chi connectivity index (χ0n) is 8.57. The van der Waals surface area contributed by atoms with E-state index in [4.69, 9.17) is 5.73 Å². The van der Waals surface area contributed by atoms with Gasteiger partial charge in [0, 0.05) is 18.0 Å². The number of anilines is 1. The quantitative estimate of drug-likeness (QED) is 0.832. The van der Waals surface area contributed by atoms with Gasteiger partial charge < -0.3 is 5.73 Å². The van der Waals surface area contributed by atoms with Gasteiger partial charge in [-0.15, -0.1) is 0 Å². The Labute approximate surface area is 95.1 Å². The Morgan fingerprint density at radius 1 is 0.882 bits per heavy atom. The van der Waals surface area contributed by atoms with Crippen LogP contribution in [0, 0.1) is 0 Å². The van der Waals surface area contributed by atoms with Gasteiger partial charge in [-0.3, -0.25) is 0 Å². The second-order valence-corrected chi connectivity index (χ2v) is 3.41. The van der Waals surface area contributed by atoms with Crippen LogP contribution in [0.3, 0.4) is 0 Å². The molecule has 0 spiro atoms. The molecule has 3 nitrogen and oxygen atoms in total. The van der Waals surface area contributed by atoms with E-state index in [0.717, 1.165) is 12.1 Å². The maximum atomic E-state index is 12.3. The maximum Gasteiger partial charge on any atom is 0.416 e. The smallest absolute Gasteiger partial charge is 0.368 e. The summed E-state index contributed by atoms with van der Waals surface area (Å²) >= 11 is 0. The van der Waals surface area contributed by atoms with Crippen LogP contribution in [0.15, 0.2) is 36.7 Å². The van der Waals surface area contributed by atoms with Crippen molar-refractivity contribution in [3.63, 3.8) is 0 Å². The van der Waals surface area contributed by atoms with Crippen molar-refractivity contribution >= 4 is 5.95 Å². The molecule has 2 N–H and O–H groups in total. The van der Waals surface area contributed by atoms with Crippen molar-refractivity contribution in [2.45, 2.75) is 6.18 Å². The molecule has 0 aliphatic rings. The molecule has 0 fully saturated rings. The number of nitrogen functional groups attached to an aromatic ring is 1. The highest BCUT2D eigenvalue weighted by Gasteiger charge is 2.29. The fraction of sp³-hybridized carbons (Fsp3) is 0.0909. The highest BCUT2D eigenvalue weighted by atomic mass is 19.4. The summed E-state index contributed by atoms with van der Waals surface area (Å²) in [6.07, 6.45) is -1.40. The van der Waals surface area contributed by atoms with Crippen LogP contribution in [0.25, 0.3) is 11.1 Å². The molecule has 0 bridgehead atoms. The first-order chi connectivity index (χ1) is 7.97. The standard InChI is InChI=1S/C11H8F3N3/c12-11(13,14)9-3-1-7(2-4-9)8-5-16-10(15)17-6-8/h1-6H,(H2,15,16,17). The van der Waals surface area contributed by atoms with Crippen molar-refractivity contribution in [2.75, 3.05) is 5.73 Å². The second-order valence-electron chi connectivity index (χ2n) is 3.41. The van der Waals surface area contributed by atoms with Gasteiger partial charge in [-0.25, -0.2) is 9.97 Å². The van der Waals surface area contributed by atoms with E-state index < -0.39 is 11.7 Å². The summed E-state index contributed by atoms with van der Waals surface area (Å²) in [6.45, 7) is 0. The second kappa shape index (κ2) is 4.04. The molecule has 0 saturated carbocycles. The molecule has 1 aromatic heterocycles. The largest absolute Gasteiger partial charge is 0.416 e. The topological polar surface area (TPSA) is 51.8 Å². The Kier molecular flexibility index (Phi) is 2.71. The van der Waals surface area contributed by atoms with E-state index >= 15 is 0 Å². The van der Waals surface area contributed by atoms with Gasteiger partial charge in [0.2, 0.25) is 5.95 Å². The minimum atomic E-state index is -4.32. The van der Waals surface area contributed by atoms with E-state index in [-0.39, 0.29) is 5.95 Å². The molecule has 2 aromatic rings. The number of rotatable bonds is 1. The highest BCUT2D eigenvalue weighted by Crippen LogP contribution is 2.30. The molecule has 0 aliphatic carbocycles. The van der Waals surface area contributed by atoms with Gasteiger partial charge in [-0.2, -0.15) is 13.2 Å². The van der Waals surface area contributed by atoms with Gasteiger partial charge in [-0.05, 0) is 17.7 Å². The monoisotopic (exact) mass is 239 g/mol. The summed E-state index contributed by atoms with van der Waals surface area (Å²) in [7, 11) is 0. The summed E-state index contributed by atoms with van der Waals surface area (Å²) in [5, 5.41) is 0. The average molecular weight is 239 g/mol. The number of alkyl halides is 3. The van der Waals surface area contributed by atoms with Crippen LogP contribution in [-0.2, 0) is 6.18 Å².